The second-order valence-corrected chi connectivity index (χ2v) is 2.79. The molecule has 0 radical (unpaired) electrons. The van der Waals surface area contributed by atoms with Crippen molar-refractivity contribution in [2.24, 2.45) is 4.99 Å². The van der Waals surface area contributed by atoms with Crippen molar-refractivity contribution in [2.45, 2.75) is 20.3 Å². The molecule has 0 spiro atoms. The van der Waals surface area contributed by atoms with Crippen LogP contribution in [0.25, 0.3) is 0 Å². The lowest BCUT2D eigenvalue weighted by Crippen LogP contribution is -1.95. The van der Waals surface area contributed by atoms with Crippen molar-refractivity contribution < 1.29 is 4.79 Å². The molecule has 0 fully saturated rings. The molecule has 0 aromatic carbocycles. The van der Waals surface area contributed by atoms with Gasteiger partial charge in [-0.15, -0.1) is 4.99 Å². The van der Waals surface area contributed by atoms with Crippen molar-refractivity contribution in [2.75, 3.05) is 0 Å². The standard InChI is InChI=1S/C8H8ClN3O/c1-3-6-7(9)8(10-4-13)12-5(2)11-6/h3H2,1-2H3. The highest BCUT2D eigenvalue weighted by Crippen LogP contribution is 2.25. The molecular formula is C8H8ClN3O. The zero-order chi connectivity index (χ0) is 9.84. The van der Waals surface area contributed by atoms with Gasteiger partial charge in [-0.05, 0) is 13.3 Å². The Morgan fingerprint density at radius 1 is 1.54 bits per heavy atom. The Morgan fingerprint density at radius 3 is 2.77 bits per heavy atom. The first-order chi connectivity index (χ1) is 6.19. The molecule has 0 unspecified atom stereocenters. The SMILES string of the molecule is CCc1nc(C)nc(N=C=O)c1Cl. The molecule has 68 valence electrons. The van der Waals surface area contributed by atoms with Crippen molar-refractivity contribution in [1.29, 1.82) is 0 Å². The number of nitrogens with zero attached hydrogens (tertiary/aromatic N) is 3. The summed E-state index contributed by atoms with van der Waals surface area (Å²) in [5.41, 5.74) is 0.697. The molecule has 0 bridgehead atoms. The van der Waals surface area contributed by atoms with Gasteiger partial charge in [0.2, 0.25) is 6.08 Å². The van der Waals surface area contributed by atoms with Gasteiger partial charge in [0.05, 0.1) is 5.69 Å². The van der Waals surface area contributed by atoms with Gasteiger partial charge >= 0.3 is 0 Å². The van der Waals surface area contributed by atoms with Gasteiger partial charge in [-0.1, -0.05) is 18.5 Å². The molecular weight excluding hydrogens is 190 g/mol. The van der Waals surface area contributed by atoms with Crippen LogP contribution >= 0.6 is 11.6 Å². The van der Waals surface area contributed by atoms with Gasteiger partial charge in [-0.3, -0.25) is 0 Å². The zero-order valence-electron chi connectivity index (χ0n) is 7.33. The van der Waals surface area contributed by atoms with E-state index < -0.39 is 0 Å². The summed E-state index contributed by atoms with van der Waals surface area (Å²) in [6.07, 6.45) is 2.09. The van der Waals surface area contributed by atoms with E-state index in [1.54, 1.807) is 6.92 Å². The molecule has 0 saturated heterocycles. The van der Waals surface area contributed by atoms with Crippen LogP contribution in [0.3, 0.4) is 0 Å². The van der Waals surface area contributed by atoms with Gasteiger partial charge in [-0.2, -0.15) is 0 Å². The average Bonchev–Trinajstić information content (AvgIpc) is 2.11. The first-order valence-corrected chi connectivity index (χ1v) is 4.17. The van der Waals surface area contributed by atoms with Crippen molar-refractivity contribution in [1.82, 2.24) is 9.97 Å². The molecule has 0 amide bonds. The average molecular weight is 198 g/mol. The van der Waals surface area contributed by atoms with E-state index in [-0.39, 0.29) is 5.82 Å². The first kappa shape index (κ1) is 9.84. The maximum atomic E-state index is 10.0. The molecule has 0 aliphatic heterocycles. The molecule has 1 aromatic rings. The fraction of sp³-hybridized carbons (Fsp3) is 0.375. The lowest BCUT2D eigenvalue weighted by atomic mass is 10.3. The molecule has 1 heterocycles. The third kappa shape index (κ3) is 2.11. The molecule has 0 aliphatic carbocycles. The summed E-state index contributed by atoms with van der Waals surface area (Å²) < 4.78 is 0. The van der Waals surface area contributed by atoms with E-state index in [2.05, 4.69) is 15.0 Å². The molecule has 4 nitrogen and oxygen atoms in total. The van der Waals surface area contributed by atoms with Gasteiger partial charge in [0.25, 0.3) is 0 Å². The van der Waals surface area contributed by atoms with Crippen LogP contribution in [0.5, 0.6) is 0 Å². The number of halogens is 1. The smallest absolute Gasteiger partial charge is 0.237 e. The number of hydrogen-bond acceptors (Lipinski definition) is 4. The molecule has 0 atom stereocenters. The van der Waals surface area contributed by atoms with Crippen LogP contribution in [0.2, 0.25) is 5.02 Å². The van der Waals surface area contributed by atoms with E-state index in [0.29, 0.717) is 23.0 Å². The number of hydrogen-bond donors (Lipinski definition) is 0. The Bertz CT molecular complexity index is 372. The first-order valence-electron chi connectivity index (χ1n) is 3.80. The maximum Gasteiger partial charge on any atom is 0.242 e. The van der Waals surface area contributed by atoms with Crippen LogP contribution in [-0.2, 0) is 11.2 Å². The minimum Gasteiger partial charge on any atom is -0.237 e. The minimum atomic E-state index is 0.195. The summed E-state index contributed by atoms with van der Waals surface area (Å²) in [5.74, 6) is 0.747. The Morgan fingerprint density at radius 2 is 2.23 bits per heavy atom. The minimum absolute atomic E-state index is 0.195. The lowest BCUT2D eigenvalue weighted by molar-refractivity contribution is 0.565. The van der Waals surface area contributed by atoms with Crippen LogP contribution in [0.1, 0.15) is 18.4 Å². The van der Waals surface area contributed by atoms with Crippen molar-refractivity contribution >= 4 is 23.5 Å². The summed E-state index contributed by atoms with van der Waals surface area (Å²) in [5, 5.41) is 0.330. The quantitative estimate of drug-likeness (QED) is 0.538. The highest BCUT2D eigenvalue weighted by Gasteiger charge is 2.08. The number of aryl methyl sites for hydroxylation is 2. The van der Waals surface area contributed by atoms with Gasteiger partial charge in [0.15, 0.2) is 5.82 Å². The predicted molar refractivity (Wildman–Crippen MR) is 48.9 cm³/mol. The maximum absolute atomic E-state index is 10.0. The van der Waals surface area contributed by atoms with E-state index in [1.165, 1.54) is 6.08 Å². The largest absolute Gasteiger partial charge is 0.242 e. The molecule has 1 aromatic heterocycles. The molecule has 0 aliphatic rings. The highest BCUT2D eigenvalue weighted by atomic mass is 35.5. The van der Waals surface area contributed by atoms with Crippen molar-refractivity contribution in [3.63, 3.8) is 0 Å². The molecule has 13 heavy (non-hydrogen) atoms. The summed E-state index contributed by atoms with van der Waals surface area (Å²) in [6.45, 7) is 3.64. The summed E-state index contributed by atoms with van der Waals surface area (Å²) in [6, 6.07) is 0. The van der Waals surface area contributed by atoms with E-state index in [9.17, 15) is 4.79 Å². The number of isocyanates is 1. The van der Waals surface area contributed by atoms with Gasteiger partial charge < -0.3 is 0 Å². The third-order valence-electron chi connectivity index (χ3n) is 1.50. The normalized spacial score (nSPS) is 9.46. The molecule has 1 rings (SSSR count). The molecule has 5 heteroatoms. The number of rotatable bonds is 2. The summed E-state index contributed by atoms with van der Waals surface area (Å²) in [7, 11) is 0. The van der Waals surface area contributed by atoms with Crippen LogP contribution in [-0.4, -0.2) is 16.0 Å². The van der Waals surface area contributed by atoms with Crippen LogP contribution in [0, 0.1) is 6.92 Å². The Kier molecular flexibility index (Phi) is 3.12. The number of aromatic nitrogens is 2. The van der Waals surface area contributed by atoms with Gasteiger partial charge in [-0.25, -0.2) is 14.8 Å². The monoisotopic (exact) mass is 197 g/mol. The van der Waals surface area contributed by atoms with E-state index in [0.717, 1.165) is 0 Å². The third-order valence-corrected chi connectivity index (χ3v) is 1.89. The van der Waals surface area contributed by atoms with Crippen LogP contribution < -0.4 is 0 Å². The fourth-order valence-corrected chi connectivity index (χ4v) is 1.21. The molecule has 0 N–H and O–H groups in total. The van der Waals surface area contributed by atoms with Crippen molar-refractivity contribution in [3.8, 4) is 0 Å². The Hall–Kier alpha value is -1.25. The van der Waals surface area contributed by atoms with Crippen molar-refractivity contribution in [3.05, 3.63) is 16.5 Å². The summed E-state index contributed by atoms with van der Waals surface area (Å²) >= 11 is 5.86. The Balaban J connectivity index is 3.34. The van der Waals surface area contributed by atoms with E-state index in [1.807, 2.05) is 6.92 Å². The molecule has 0 saturated carbocycles. The highest BCUT2D eigenvalue weighted by molar-refractivity contribution is 6.33. The number of aliphatic imine (C=N–C) groups is 1. The Labute approximate surface area is 80.7 Å². The number of carbonyl (C=O) groups excluding carboxylic acids is 1. The summed E-state index contributed by atoms with van der Waals surface area (Å²) in [4.78, 5) is 21.4. The van der Waals surface area contributed by atoms with E-state index in [4.69, 9.17) is 11.6 Å². The van der Waals surface area contributed by atoms with Gasteiger partial charge in [0.1, 0.15) is 10.8 Å². The second kappa shape index (κ2) is 4.12. The zero-order valence-corrected chi connectivity index (χ0v) is 8.09. The van der Waals surface area contributed by atoms with Gasteiger partial charge in [0, 0.05) is 0 Å². The van der Waals surface area contributed by atoms with E-state index >= 15 is 0 Å². The van der Waals surface area contributed by atoms with Crippen LogP contribution in [0.4, 0.5) is 5.82 Å². The fourth-order valence-electron chi connectivity index (χ4n) is 0.952. The topological polar surface area (TPSA) is 55.2 Å². The second-order valence-electron chi connectivity index (χ2n) is 2.41. The predicted octanol–water partition coefficient (Wildman–Crippen LogP) is 1.97. The van der Waals surface area contributed by atoms with Crippen LogP contribution in [0.15, 0.2) is 4.99 Å². The lowest BCUT2D eigenvalue weighted by Gasteiger charge is -2.02.